The molecule has 0 amide bonds. The highest BCUT2D eigenvalue weighted by molar-refractivity contribution is 6.19. The minimum absolute atomic E-state index is 0.253. The Morgan fingerprint density at radius 3 is 1.25 bits per heavy atom. The van der Waals surface area contributed by atoms with Gasteiger partial charge in [-0.05, 0) is 146 Å². The molecule has 0 saturated heterocycles. The Morgan fingerprint density at radius 1 is 0.429 bits per heavy atom. The minimum Gasteiger partial charge on any atom is -0.0943 e. The van der Waals surface area contributed by atoms with E-state index in [4.69, 9.17) is 13.2 Å². The van der Waals surface area contributed by atoms with Crippen molar-refractivity contribution in [2.24, 2.45) is 0 Å². The zero-order valence-electron chi connectivity index (χ0n) is 31.7. The van der Waals surface area contributed by atoms with Crippen LogP contribution in [0.25, 0.3) is 77.2 Å². The second-order valence-electron chi connectivity index (χ2n) is 17.8. The van der Waals surface area contributed by atoms with Gasteiger partial charge in [0.25, 0.3) is 0 Å². The van der Waals surface area contributed by atoms with Gasteiger partial charge in [0.1, 0.15) is 0 Å². The molecule has 0 N–H and O–H groups in total. The smallest absolute Gasteiger partial charge is 0.0259 e. The summed E-state index contributed by atoms with van der Waals surface area (Å²) in [5.74, 6) is 0.506. The third-order valence-corrected chi connectivity index (χ3v) is 15.8. The van der Waals surface area contributed by atoms with E-state index in [-0.39, 0.29) is 22.7 Å². The molecule has 56 heavy (non-hydrogen) atoms. The summed E-state index contributed by atoms with van der Waals surface area (Å²) < 4.78 is 0. The van der Waals surface area contributed by atoms with Crippen LogP contribution < -0.4 is 0 Å². The highest BCUT2D eigenvalue weighted by Gasteiger charge is 2.66. The number of benzene rings is 8. The Morgan fingerprint density at radius 2 is 0.821 bits per heavy atom. The Kier molecular flexibility index (Phi) is 5.14. The van der Waals surface area contributed by atoms with Gasteiger partial charge < -0.3 is 0 Å². The van der Waals surface area contributed by atoms with Crippen molar-refractivity contribution >= 4 is 32.7 Å². The predicted octanol–water partition coefficient (Wildman–Crippen LogP) is 13.9. The van der Waals surface area contributed by atoms with Crippen molar-refractivity contribution in [3.05, 3.63) is 202 Å². The van der Waals surface area contributed by atoms with Gasteiger partial charge in [0.15, 0.2) is 0 Å². The molecule has 0 heteroatoms. The molecule has 8 aromatic carbocycles. The van der Waals surface area contributed by atoms with Crippen LogP contribution in [-0.2, 0) is 23.7 Å². The Labute approximate surface area is 327 Å². The molecule has 0 unspecified atom stereocenters. The van der Waals surface area contributed by atoms with Gasteiger partial charge in [-0.2, -0.15) is 0 Å². The van der Waals surface area contributed by atoms with Crippen molar-refractivity contribution in [3.8, 4) is 44.5 Å². The molecule has 4 atom stereocenters. The topological polar surface area (TPSA) is 0 Å². The second-order valence-corrected chi connectivity index (χ2v) is 17.8. The van der Waals surface area contributed by atoms with Crippen LogP contribution in [0.4, 0.5) is 0 Å². The predicted molar refractivity (Wildman–Crippen MR) is 234 cm³/mol. The third kappa shape index (κ3) is 3.03. The molecule has 0 saturated carbocycles. The van der Waals surface area contributed by atoms with Crippen LogP contribution in [0.1, 0.15) is 81.3 Å². The fourth-order valence-corrected chi connectivity index (χ4v) is 13.7. The first kappa shape index (κ1) is 30.0. The highest BCUT2D eigenvalue weighted by atomic mass is 14.7. The molecule has 6 aliphatic rings. The SMILES string of the molecule is C=C1c2ccc3c(-c4ccccc4)c4c(c5c3c2[C@@H]2[C@H]3c6c(ccc7c(-c8ccccc8)c8c(c(c67)[C@]12C)Cc1ccccc1-8)C(=C)[C@@]53C)Cc1ccccc1-4. The van der Waals surface area contributed by atoms with Crippen molar-refractivity contribution in [2.75, 3.05) is 0 Å². The summed E-state index contributed by atoms with van der Waals surface area (Å²) in [6, 6.07) is 50.7. The number of hydrogen-bond donors (Lipinski definition) is 0. The van der Waals surface area contributed by atoms with Crippen LogP contribution >= 0.6 is 0 Å². The molecule has 14 rings (SSSR count). The van der Waals surface area contributed by atoms with E-state index in [9.17, 15) is 0 Å². The lowest BCUT2D eigenvalue weighted by atomic mass is 9.49. The first-order valence-electron chi connectivity index (χ1n) is 20.4. The van der Waals surface area contributed by atoms with Crippen LogP contribution in [-0.4, -0.2) is 0 Å². The molecular weight excluding hydrogens is 673 g/mol. The van der Waals surface area contributed by atoms with E-state index in [1.165, 1.54) is 122 Å². The molecule has 0 bridgehead atoms. The average Bonchev–Trinajstić information content (AvgIpc) is 3.93. The fraction of sp³-hybridized carbons (Fsp3) is 0.143. The zero-order chi connectivity index (χ0) is 37.0. The average molecular weight is 711 g/mol. The summed E-state index contributed by atoms with van der Waals surface area (Å²) >= 11 is 0. The minimum atomic E-state index is -0.287. The molecule has 0 aromatic heterocycles. The number of hydrogen-bond acceptors (Lipinski definition) is 0. The van der Waals surface area contributed by atoms with Gasteiger partial charge in [-0.3, -0.25) is 0 Å². The van der Waals surface area contributed by atoms with Gasteiger partial charge in [0, 0.05) is 22.7 Å². The first-order chi connectivity index (χ1) is 27.4. The standard InChI is InChI=1S/C56H38/c1-29-35-23-25-39-43(31-15-7-5-8-16-31)46-38-22-14-12-20-34(38)28-42(46)52-49(39)47(35)53-54-48-36(30(2)56(52,54)4)24-26-40-44(32-17-9-6-10-18-32)45-37-21-13-11-19-33(37)27-41(45)51(50(40)48)55(29,53)3/h5-26,53-54H,1-2,27-28H2,3-4H3/t53-,54-,55+,56+/m1/s1. The molecule has 8 aromatic rings. The van der Waals surface area contributed by atoms with Gasteiger partial charge in [-0.25, -0.2) is 0 Å². The van der Waals surface area contributed by atoms with E-state index in [0.717, 1.165) is 12.8 Å². The van der Waals surface area contributed by atoms with Crippen LogP contribution in [0.2, 0.25) is 0 Å². The molecule has 0 aliphatic heterocycles. The van der Waals surface area contributed by atoms with E-state index >= 15 is 0 Å². The summed E-state index contributed by atoms with van der Waals surface area (Å²) in [6.45, 7) is 15.5. The summed E-state index contributed by atoms with van der Waals surface area (Å²) in [5, 5.41) is 5.73. The lowest BCUT2D eigenvalue weighted by molar-refractivity contribution is 0.338. The third-order valence-electron chi connectivity index (χ3n) is 15.8. The number of rotatable bonds is 2. The molecular formula is C56H38. The molecule has 0 fully saturated rings. The maximum absolute atomic E-state index is 5.18. The van der Waals surface area contributed by atoms with Gasteiger partial charge >= 0.3 is 0 Å². The lowest BCUT2D eigenvalue weighted by Gasteiger charge is -2.52. The van der Waals surface area contributed by atoms with E-state index in [2.05, 4.69) is 147 Å². The molecule has 6 aliphatic carbocycles. The Balaban J connectivity index is 1.20. The normalized spacial score (nSPS) is 23.2. The van der Waals surface area contributed by atoms with Crippen LogP contribution in [0.3, 0.4) is 0 Å². The molecule has 0 heterocycles. The fourth-order valence-electron chi connectivity index (χ4n) is 13.7. The highest BCUT2D eigenvalue weighted by Crippen LogP contribution is 2.78. The first-order valence-corrected chi connectivity index (χ1v) is 20.4. The zero-order valence-corrected chi connectivity index (χ0v) is 31.7. The van der Waals surface area contributed by atoms with Crippen molar-refractivity contribution in [1.82, 2.24) is 0 Å². The van der Waals surface area contributed by atoms with Crippen molar-refractivity contribution in [2.45, 2.75) is 49.4 Å². The van der Waals surface area contributed by atoms with E-state index in [0.29, 0.717) is 0 Å². The summed E-state index contributed by atoms with van der Waals surface area (Å²) in [6.07, 6.45) is 1.90. The van der Waals surface area contributed by atoms with Crippen LogP contribution in [0.5, 0.6) is 0 Å². The number of allylic oxidation sites excluding steroid dienone is 2. The lowest BCUT2D eigenvalue weighted by Crippen LogP contribution is -2.44. The maximum atomic E-state index is 5.18. The second kappa shape index (κ2) is 9.58. The largest absolute Gasteiger partial charge is 0.0943 e. The van der Waals surface area contributed by atoms with E-state index < -0.39 is 0 Å². The van der Waals surface area contributed by atoms with Gasteiger partial charge in [-0.15, -0.1) is 0 Å². The Hall–Kier alpha value is -6.24. The quantitative estimate of drug-likeness (QED) is 0.168. The van der Waals surface area contributed by atoms with Crippen LogP contribution in [0, 0.1) is 0 Å². The van der Waals surface area contributed by atoms with Gasteiger partial charge in [0.05, 0.1) is 0 Å². The maximum Gasteiger partial charge on any atom is 0.0259 e. The Bertz CT molecular complexity index is 3030. The summed E-state index contributed by atoms with van der Waals surface area (Å²) in [4.78, 5) is 0. The van der Waals surface area contributed by atoms with E-state index in [1.54, 1.807) is 11.1 Å². The van der Waals surface area contributed by atoms with Gasteiger partial charge in [-0.1, -0.05) is 160 Å². The van der Waals surface area contributed by atoms with Crippen molar-refractivity contribution in [3.63, 3.8) is 0 Å². The molecule has 0 radical (unpaired) electrons. The van der Waals surface area contributed by atoms with Crippen LogP contribution in [0.15, 0.2) is 147 Å². The van der Waals surface area contributed by atoms with Crippen molar-refractivity contribution in [1.29, 1.82) is 0 Å². The van der Waals surface area contributed by atoms with E-state index in [1.807, 2.05) is 0 Å². The monoisotopic (exact) mass is 710 g/mol. The molecule has 262 valence electrons. The number of fused-ring (bicyclic) bond motifs is 10. The molecule has 0 spiro atoms. The molecule has 0 nitrogen and oxygen atoms in total. The van der Waals surface area contributed by atoms with Crippen molar-refractivity contribution < 1.29 is 0 Å². The summed E-state index contributed by atoms with van der Waals surface area (Å²) in [7, 11) is 0. The van der Waals surface area contributed by atoms with Gasteiger partial charge in [0.2, 0.25) is 0 Å². The summed E-state index contributed by atoms with van der Waals surface area (Å²) in [5.41, 5.74) is 27.8.